The average Bonchev–Trinajstić information content (AvgIpc) is 2.54. The van der Waals surface area contributed by atoms with Crippen molar-refractivity contribution in [2.75, 3.05) is 6.54 Å². The molecule has 0 bridgehead atoms. The van der Waals surface area contributed by atoms with E-state index in [4.69, 9.17) is 0 Å². The summed E-state index contributed by atoms with van der Waals surface area (Å²) in [4.78, 5) is 29.9. The highest BCUT2D eigenvalue weighted by molar-refractivity contribution is 5.97. The van der Waals surface area contributed by atoms with Crippen LogP contribution in [0, 0.1) is 0 Å². The minimum Gasteiger partial charge on any atom is -0.329 e. The second kappa shape index (κ2) is 6.37. The summed E-state index contributed by atoms with van der Waals surface area (Å²) in [5.74, 6) is 0.383. The third-order valence-electron chi connectivity index (χ3n) is 5.78. The van der Waals surface area contributed by atoms with E-state index in [0.717, 1.165) is 51.5 Å². The molecule has 2 aliphatic heterocycles. The van der Waals surface area contributed by atoms with Gasteiger partial charge in [0.05, 0.1) is 0 Å². The lowest BCUT2D eigenvalue weighted by Gasteiger charge is -2.54. The van der Waals surface area contributed by atoms with Gasteiger partial charge >= 0.3 is 0 Å². The fourth-order valence-electron chi connectivity index (χ4n) is 4.25. The Labute approximate surface area is 128 Å². The largest absolute Gasteiger partial charge is 0.329 e. The van der Waals surface area contributed by atoms with Gasteiger partial charge in [0.15, 0.2) is 0 Å². The van der Waals surface area contributed by atoms with Crippen molar-refractivity contribution in [3.8, 4) is 0 Å². The second-order valence-electron chi connectivity index (χ2n) is 6.46. The van der Waals surface area contributed by atoms with Crippen molar-refractivity contribution >= 4 is 11.8 Å². The van der Waals surface area contributed by atoms with E-state index in [2.05, 4.69) is 20.8 Å². The Hall–Kier alpha value is -1.06. The molecule has 2 aliphatic rings. The highest BCUT2D eigenvalue weighted by atomic mass is 16.2. The predicted molar refractivity (Wildman–Crippen MR) is 83.9 cm³/mol. The Morgan fingerprint density at radius 3 is 2.14 bits per heavy atom. The van der Waals surface area contributed by atoms with Crippen LogP contribution in [0.25, 0.3) is 0 Å². The van der Waals surface area contributed by atoms with Crippen molar-refractivity contribution < 1.29 is 9.59 Å². The molecule has 120 valence electrons. The van der Waals surface area contributed by atoms with E-state index in [1.807, 2.05) is 16.7 Å². The summed E-state index contributed by atoms with van der Waals surface area (Å²) in [5, 5.41) is 0. The molecule has 2 saturated heterocycles. The monoisotopic (exact) mass is 294 g/mol. The first-order chi connectivity index (χ1) is 10.1. The van der Waals surface area contributed by atoms with Gasteiger partial charge in [-0.05, 0) is 44.9 Å². The highest BCUT2D eigenvalue weighted by Gasteiger charge is 2.51. The number of carbonyl (C=O) groups is 2. The number of hydrogen-bond donors (Lipinski definition) is 0. The molecule has 4 heteroatoms. The maximum absolute atomic E-state index is 13.1. The molecule has 2 atom stereocenters. The summed E-state index contributed by atoms with van der Waals surface area (Å²) in [6, 6.07) is -0.454. The summed E-state index contributed by atoms with van der Waals surface area (Å²) in [6.45, 7) is 9.22. The van der Waals surface area contributed by atoms with Crippen LogP contribution in [0.2, 0.25) is 0 Å². The van der Waals surface area contributed by atoms with Crippen molar-refractivity contribution in [3.05, 3.63) is 0 Å². The Morgan fingerprint density at radius 2 is 1.62 bits per heavy atom. The van der Waals surface area contributed by atoms with Crippen LogP contribution < -0.4 is 0 Å². The van der Waals surface area contributed by atoms with Gasteiger partial charge in [-0.3, -0.25) is 9.59 Å². The van der Waals surface area contributed by atoms with Gasteiger partial charge in [-0.1, -0.05) is 27.7 Å². The molecule has 2 unspecified atom stereocenters. The van der Waals surface area contributed by atoms with Gasteiger partial charge < -0.3 is 9.80 Å². The predicted octanol–water partition coefficient (Wildman–Crippen LogP) is 2.96. The van der Waals surface area contributed by atoms with E-state index >= 15 is 0 Å². The van der Waals surface area contributed by atoms with Gasteiger partial charge in [0.25, 0.3) is 0 Å². The summed E-state index contributed by atoms with van der Waals surface area (Å²) in [5.41, 5.74) is -0.156. The quantitative estimate of drug-likeness (QED) is 0.782. The first kappa shape index (κ1) is 16.3. The molecule has 2 heterocycles. The van der Waals surface area contributed by atoms with Crippen molar-refractivity contribution in [3.63, 3.8) is 0 Å². The van der Waals surface area contributed by atoms with Crippen LogP contribution in [0.3, 0.4) is 0 Å². The Balaban J connectivity index is 2.42. The minimum absolute atomic E-state index is 0.156. The third-order valence-corrected chi connectivity index (χ3v) is 5.78. The lowest BCUT2D eigenvalue weighted by atomic mass is 9.82. The number of piperazine rings is 1. The molecule has 4 nitrogen and oxygen atoms in total. The molecule has 2 rings (SSSR count). The van der Waals surface area contributed by atoms with Gasteiger partial charge in [-0.2, -0.15) is 0 Å². The maximum atomic E-state index is 13.1. The van der Waals surface area contributed by atoms with Crippen LogP contribution in [0.1, 0.15) is 72.6 Å². The summed E-state index contributed by atoms with van der Waals surface area (Å²) in [6.07, 6.45) is 6.40. The molecule has 0 aromatic rings. The van der Waals surface area contributed by atoms with Gasteiger partial charge in [0.1, 0.15) is 12.1 Å². The third kappa shape index (κ3) is 2.47. The summed E-state index contributed by atoms with van der Waals surface area (Å²) in [7, 11) is 0. The Bertz CT molecular complexity index is 395. The molecular weight excluding hydrogens is 264 g/mol. The number of hydrogen-bond acceptors (Lipinski definition) is 2. The van der Waals surface area contributed by atoms with Crippen LogP contribution in [-0.4, -0.2) is 45.8 Å². The molecule has 21 heavy (non-hydrogen) atoms. The number of nitrogens with zero attached hydrogens (tertiary/aromatic N) is 2. The molecular formula is C17H30N2O2. The smallest absolute Gasteiger partial charge is 0.246 e. The normalized spacial score (nSPS) is 27.0. The van der Waals surface area contributed by atoms with E-state index in [9.17, 15) is 9.59 Å². The van der Waals surface area contributed by atoms with Gasteiger partial charge in [0.2, 0.25) is 11.8 Å². The molecule has 0 spiro atoms. The van der Waals surface area contributed by atoms with E-state index in [1.54, 1.807) is 0 Å². The van der Waals surface area contributed by atoms with Gasteiger partial charge in [-0.25, -0.2) is 0 Å². The zero-order chi connectivity index (χ0) is 15.6. The Kier molecular flexibility index (Phi) is 4.95. The lowest BCUT2D eigenvalue weighted by Crippen LogP contribution is -2.70. The second-order valence-corrected chi connectivity index (χ2v) is 6.46. The molecule has 0 saturated carbocycles. The lowest BCUT2D eigenvalue weighted by molar-refractivity contribution is -0.172. The summed E-state index contributed by atoms with van der Waals surface area (Å²) < 4.78 is 0. The van der Waals surface area contributed by atoms with Crippen molar-refractivity contribution in [1.82, 2.24) is 9.80 Å². The number of amides is 2. The standard InChI is InChI=1S/C17H30N2O2/c1-5-13-15(20)18-12-10-9-11-14(18)16(21)19(13)17(6-2,7-3)8-4/h13-14H,5-12H2,1-4H3. The summed E-state index contributed by atoms with van der Waals surface area (Å²) >= 11 is 0. The number of rotatable bonds is 5. The molecule has 0 aromatic heterocycles. The van der Waals surface area contributed by atoms with E-state index in [0.29, 0.717) is 0 Å². The van der Waals surface area contributed by atoms with Gasteiger partial charge in [0, 0.05) is 12.1 Å². The van der Waals surface area contributed by atoms with E-state index < -0.39 is 0 Å². The molecule has 0 N–H and O–H groups in total. The topological polar surface area (TPSA) is 40.6 Å². The molecule has 0 aromatic carbocycles. The van der Waals surface area contributed by atoms with Crippen LogP contribution in [0.4, 0.5) is 0 Å². The fraction of sp³-hybridized carbons (Fsp3) is 0.882. The molecule has 2 amide bonds. The SMILES string of the molecule is CCC1C(=O)N2CCCCC2C(=O)N1C(CC)(CC)CC. The number of carbonyl (C=O) groups excluding carboxylic acids is 2. The van der Waals surface area contributed by atoms with Crippen LogP contribution >= 0.6 is 0 Å². The first-order valence-corrected chi connectivity index (χ1v) is 8.69. The fourth-order valence-corrected chi connectivity index (χ4v) is 4.25. The Morgan fingerprint density at radius 1 is 1.00 bits per heavy atom. The van der Waals surface area contributed by atoms with Crippen molar-refractivity contribution in [1.29, 1.82) is 0 Å². The average molecular weight is 294 g/mol. The minimum atomic E-state index is -0.258. The molecule has 0 radical (unpaired) electrons. The number of piperidine rings is 1. The molecule has 0 aliphatic carbocycles. The van der Waals surface area contributed by atoms with E-state index in [-0.39, 0.29) is 29.4 Å². The van der Waals surface area contributed by atoms with Crippen LogP contribution in [0.5, 0.6) is 0 Å². The first-order valence-electron chi connectivity index (χ1n) is 8.69. The zero-order valence-electron chi connectivity index (χ0n) is 14.0. The molecule has 2 fully saturated rings. The van der Waals surface area contributed by atoms with Crippen molar-refractivity contribution in [2.24, 2.45) is 0 Å². The maximum Gasteiger partial charge on any atom is 0.246 e. The van der Waals surface area contributed by atoms with Crippen LogP contribution in [0.15, 0.2) is 0 Å². The highest BCUT2D eigenvalue weighted by Crippen LogP contribution is 2.37. The number of fused-ring (bicyclic) bond motifs is 1. The van der Waals surface area contributed by atoms with E-state index in [1.165, 1.54) is 0 Å². The van der Waals surface area contributed by atoms with Crippen LogP contribution in [-0.2, 0) is 9.59 Å². The van der Waals surface area contributed by atoms with Crippen molar-refractivity contribution in [2.45, 2.75) is 90.3 Å². The zero-order valence-corrected chi connectivity index (χ0v) is 14.0. The van der Waals surface area contributed by atoms with Gasteiger partial charge in [-0.15, -0.1) is 0 Å².